The number of hydrogen-bond acceptors (Lipinski definition) is 4. The molecule has 0 spiro atoms. The fraction of sp³-hybridized carbons (Fsp3) is 0.500. The first-order valence-electron chi connectivity index (χ1n) is 6.40. The number of methoxy groups -OCH3 is 1. The van der Waals surface area contributed by atoms with Gasteiger partial charge in [-0.05, 0) is 19.5 Å². The number of nitrogens with two attached hydrogens (primary N) is 1. The molecule has 0 radical (unpaired) electrons. The van der Waals surface area contributed by atoms with Gasteiger partial charge in [0, 0.05) is 17.7 Å². The summed E-state index contributed by atoms with van der Waals surface area (Å²) in [5.74, 6) is 1.07. The Balaban J connectivity index is 2.85. The van der Waals surface area contributed by atoms with Gasteiger partial charge >= 0.3 is 0 Å². The van der Waals surface area contributed by atoms with Gasteiger partial charge in [0.1, 0.15) is 11.5 Å². The van der Waals surface area contributed by atoms with Crippen LogP contribution in [-0.2, 0) is 4.79 Å². The molecule has 1 atom stereocenters. The van der Waals surface area contributed by atoms with Crippen LogP contribution in [0.5, 0.6) is 11.5 Å². The molecule has 5 nitrogen and oxygen atoms in total. The van der Waals surface area contributed by atoms with E-state index in [2.05, 4.69) is 12.2 Å². The Bertz CT molecular complexity index is 421. The minimum atomic E-state index is -0.371. The van der Waals surface area contributed by atoms with Crippen LogP contribution in [0.1, 0.15) is 31.9 Å². The Morgan fingerprint density at radius 3 is 2.79 bits per heavy atom. The molecule has 0 saturated heterocycles. The first-order chi connectivity index (χ1) is 9.08. The van der Waals surface area contributed by atoms with Crippen molar-refractivity contribution in [1.82, 2.24) is 5.32 Å². The second kappa shape index (κ2) is 7.63. The lowest BCUT2D eigenvalue weighted by Crippen LogP contribution is -2.19. The number of carbonyl (C=O) groups excluding carboxylic acids is 1. The third-order valence-electron chi connectivity index (χ3n) is 2.80. The molecule has 0 aliphatic heterocycles. The zero-order chi connectivity index (χ0) is 14.3. The summed E-state index contributed by atoms with van der Waals surface area (Å²) in [5.41, 5.74) is 6.14. The average Bonchev–Trinajstić information content (AvgIpc) is 2.38. The van der Waals surface area contributed by atoms with Crippen molar-refractivity contribution in [3.8, 4) is 11.5 Å². The van der Waals surface area contributed by atoms with Gasteiger partial charge in [-0.25, -0.2) is 0 Å². The Labute approximate surface area is 114 Å². The predicted molar refractivity (Wildman–Crippen MR) is 74.4 cm³/mol. The van der Waals surface area contributed by atoms with Crippen molar-refractivity contribution in [1.29, 1.82) is 0 Å². The van der Waals surface area contributed by atoms with Crippen LogP contribution in [0.4, 0.5) is 0 Å². The van der Waals surface area contributed by atoms with Crippen molar-refractivity contribution in [3.05, 3.63) is 23.8 Å². The summed E-state index contributed by atoms with van der Waals surface area (Å²) in [6, 6.07) is 5.85. The molecule has 19 heavy (non-hydrogen) atoms. The largest absolute Gasteiger partial charge is 0.497 e. The summed E-state index contributed by atoms with van der Waals surface area (Å²) < 4.78 is 10.8. The highest BCUT2D eigenvalue weighted by Gasteiger charge is 2.12. The number of amides is 1. The normalized spacial score (nSPS) is 11.9. The van der Waals surface area contributed by atoms with Gasteiger partial charge in [0.2, 0.25) is 5.91 Å². The van der Waals surface area contributed by atoms with E-state index < -0.39 is 0 Å². The summed E-state index contributed by atoms with van der Waals surface area (Å²) in [6.45, 7) is 5.25. The smallest absolute Gasteiger partial charge is 0.220 e. The standard InChI is InChI=1S/C14H22N2O3/c1-4-16-10(2)12-6-5-11(18-3)9-13(12)19-8-7-14(15)17/h5-6,9-10,16H,4,7-8H2,1-3H3,(H2,15,17). The van der Waals surface area contributed by atoms with Crippen LogP contribution in [0, 0.1) is 0 Å². The van der Waals surface area contributed by atoms with E-state index >= 15 is 0 Å². The van der Waals surface area contributed by atoms with E-state index in [-0.39, 0.29) is 25.0 Å². The minimum Gasteiger partial charge on any atom is -0.497 e. The third-order valence-corrected chi connectivity index (χ3v) is 2.80. The Morgan fingerprint density at radius 1 is 1.47 bits per heavy atom. The highest BCUT2D eigenvalue weighted by atomic mass is 16.5. The van der Waals surface area contributed by atoms with Crippen LogP contribution in [-0.4, -0.2) is 26.2 Å². The fourth-order valence-electron chi connectivity index (χ4n) is 1.80. The molecule has 0 fully saturated rings. The number of nitrogens with one attached hydrogen (secondary N) is 1. The molecule has 3 N–H and O–H groups in total. The molecule has 1 aromatic carbocycles. The van der Waals surface area contributed by atoms with Gasteiger partial charge in [0.15, 0.2) is 0 Å². The molecule has 0 aromatic heterocycles. The van der Waals surface area contributed by atoms with Crippen LogP contribution in [0.15, 0.2) is 18.2 Å². The summed E-state index contributed by atoms with van der Waals surface area (Å²) in [7, 11) is 1.61. The van der Waals surface area contributed by atoms with Crippen LogP contribution in [0.3, 0.4) is 0 Å². The molecule has 1 aromatic rings. The fourth-order valence-corrected chi connectivity index (χ4v) is 1.80. The van der Waals surface area contributed by atoms with E-state index in [9.17, 15) is 4.79 Å². The topological polar surface area (TPSA) is 73.6 Å². The number of hydrogen-bond donors (Lipinski definition) is 2. The molecule has 5 heteroatoms. The van der Waals surface area contributed by atoms with Gasteiger partial charge in [-0.15, -0.1) is 0 Å². The second-order valence-corrected chi connectivity index (χ2v) is 4.25. The van der Waals surface area contributed by atoms with Crippen molar-refractivity contribution in [3.63, 3.8) is 0 Å². The van der Waals surface area contributed by atoms with Crippen LogP contribution >= 0.6 is 0 Å². The average molecular weight is 266 g/mol. The number of benzene rings is 1. The Hall–Kier alpha value is -1.75. The Morgan fingerprint density at radius 2 is 2.21 bits per heavy atom. The molecule has 0 bridgehead atoms. The van der Waals surface area contributed by atoms with Crippen molar-refractivity contribution < 1.29 is 14.3 Å². The molecule has 0 aliphatic rings. The lowest BCUT2D eigenvalue weighted by molar-refractivity contribution is -0.118. The van der Waals surface area contributed by atoms with E-state index in [4.69, 9.17) is 15.2 Å². The van der Waals surface area contributed by atoms with E-state index in [0.717, 1.165) is 17.9 Å². The predicted octanol–water partition coefficient (Wildman–Crippen LogP) is 1.62. The molecule has 1 amide bonds. The van der Waals surface area contributed by atoms with Crippen LogP contribution in [0.25, 0.3) is 0 Å². The van der Waals surface area contributed by atoms with Gasteiger partial charge in [0.25, 0.3) is 0 Å². The number of rotatable bonds is 8. The van der Waals surface area contributed by atoms with Crippen molar-refractivity contribution in [2.75, 3.05) is 20.3 Å². The molecule has 0 heterocycles. The zero-order valence-corrected chi connectivity index (χ0v) is 11.7. The first kappa shape index (κ1) is 15.3. The molecule has 0 saturated carbocycles. The van der Waals surface area contributed by atoms with Gasteiger partial charge in [0.05, 0.1) is 20.1 Å². The molecule has 106 valence electrons. The summed E-state index contributed by atoms with van der Waals surface area (Å²) in [5, 5.41) is 3.33. The maximum Gasteiger partial charge on any atom is 0.220 e. The SMILES string of the molecule is CCNC(C)c1ccc(OC)cc1OCCC(N)=O. The molecule has 0 aliphatic carbocycles. The van der Waals surface area contributed by atoms with Crippen LogP contribution in [0.2, 0.25) is 0 Å². The van der Waals surface area contributed by atoms with Gasteiger partial charge < -0.3 is 20.5 Å². The monoisotopic (exact) mass is 266 g/mol. The number of primary amides is 1. The quantitative estimate of drug-likeness (QED) is 0.750. The minimum absolute atomic E-state index is 0.166. The summed E-state index contributed by atoms with van der Waals surface area (Å²) in [4.78, 5) is 10.7. The maximum absolute atomic E-state index is 10.7. The lowest BCUT2D eigenvalue weighted by Gasteiger charge is -2.18. The number of carbonyl (C=O) groups is 1. The summed E-state index contributed by atoms with van der Waals surface area (Å²) >= 11 is 0. The second-order valence-electron chi connectivity index (χ2n) is 4.25. The Kier molecular flexibility index (Phi) is 6.15. The first-order valence-corrected chi connectivity index (χ1v) is 6.40. The van der Waals surface area contributed by atoms with Gasteiger partial charge in [-0.3, -0.25) is 4.79 Å². The molecule has 1 rings (SSSR count). The van der Waals surface area contributed by atoms with Gasteiger partial charge in [-0.1, -0.05) is 13.0 Å². The maximum atomic E-state index is 10.7. The summed E-state index contributed by atoms with van der Waals surface area (Å²) in [6.07, 6.45) is 0.201. The van der Waals surface area contributed by atoms with E-state index in [1.54, 1.807) is 7.11 Å². The van der Waals surface area contributed by atoms with Crippen LogP contribution < -0.4 is 20.5 Å². The van der Waals surface area contributed by atoms with Crippen molar-refractivity contribution in [2.24, 2.45) is 5.73 Å². The van der Waals surface area contributed by atoms with Crippen molar-refractivity contribution in [2.45, 2.75) is 26.3 Å². The van der Waals surface area contributed by atoms with E-state index in [1.165, 1.54) is 0 Å². The highest BCUT2D eigenvalue weighted by molar-refractivity contribution is 5.73. The molecular formula is C14H22N2O3. The number of ether oxygens (including phenoxy) is 2. The lowest BCUT2D eigenvalue weighted by atomic mass is 10.1. The highest BCUT2D eigenvalue weighted by Crippen LogP contribution is 2.29. The van der Waals surface area contributed by atoms with E-state index in [1.807, 2.05) is 25.1 Å². The molecule has 1 unspecified atom stereocenters. The molecular weight excluding hydrogens is 244 g/mol. The zero-order valence-electron chi connectivity index (χ0n) is 11.7. The van der Waals surface area contributed by atoms with E-state index in [0.29, 0.717) is 5.75 Å². The van der Waals surface area contributed by atoms with Gasteiger partial charge in [-0.2, -0.15) is 0 Å². The van der Waals surface area contributed by atoms with Crippen molar-refractivity contribution >= 4 is 5.91 Å². The third kappa shape index (κ3) is 4.79.